The Kier molecular flexibility index (Phi) is 4.84. The van der Waals surface area contributed by atoms with Gasteiger partial charge in [0, 0.05) is 48.1 Å². The lowest BCUT2D eigenvalue weighted by Crippen LogP contribution is -1.94. The topological polar surface area (TPSA) is 43.1 Å². The molecule has 4 aromatic heterocycles. The fraction of sp³-hybridized carbons (Fsp3) is 0. The van der Waals surface area contributed by atoms with E-state index in [4.69, 9.17) is 15.0 Å². The minimum Gasteiger partial charge on any atom is -0.308 e. The fourth-order valence-corrected chi connectivity index (χ4v) is 8.10. The summed E-state index contributed by atoms with van der Waals surface area (Å²) in [5.74, 6) is 0.669. The van der Waals surface area contributed by atoms with Crippen LogP contribution < -0.4 is 0 Å². The minimum atomic E-state index is 0.666. The number of para-hydroxylation sites is 1. The number of benzene rings is 6. The molecule has 0 aliphatic carbocycles. The second-order valence-electron chi connectivity index (χ2n) is 11.3. The molecule has 0 radical (unpaired) electrons. The van der Waals surface area contributed by atoms with Gasteiger partial charge in [-0.1, -0.05) is 103 Å². The maximum Gasteiger partial charge on any atom is 0.165 e. The molecule has 0 unspecified atom stereocenters. The fourth-order valence-electron chi connectivity index (χ4n) is 6.75. The summed E-state index contributed by atoms with van der Waals surface area (Å²) in [6.45, 7) is 0. The molecule has 0 spiro atoms. The van der Waals surface area contributed by atoms with E-state index in [0.29, 0.717) is 17.1 Å². The lowest BCUT2D eigenvalue weighted by atomic mass is 10.1. The molecule has 0 atom stereocenters. The lowest BCUT2D eigenvalue weighted by molar-refractivity contribution is 1.18. The molecule has 0 saturated carbocycles. The molecule has 0 amide bonds. The molecule has 0 fully saturated rings. The van der Waals surface area contributed by atoms with Crippen molar-refractivity contribution in [1.82, 2.24) is 19.4 Å². The van der Waals surface area contributed by atoms with Crippen LogP contribution >= 0.6 is 11.3 Å². The molecule has 10 aromatic rings. The summed E-state index contributed by atoms with van der Waals surface area (Å²) in [5, 5.41) is 9.22. The summed E-state index contributed by atoms with van der Waals surface area (Å²) < 4.78 is 4.89. The van der Waals surface area contributed by atoms with Crippen molar-refractivity contribution in [2.45, 2.75) is 0 Å². The zero-order valence-corrected chi connectivity index (χ0v) is 24.2. The third-order valence-electron chi connectivity index (χ3n) is 8.77. The molecule has 204 valence electrons. The molecule has 0 saturated heterocycles. The van der Waals surface area contributed by atoms with E-state index < -0.39 is 0 Å². The number of rotatable bonds is 1. The van der Waals surface area contributed by atoms with E-state index >= 15 is 0 Å². The van der Waals surface area contributed by atoms with Gasteiger partial charge in [0.25, 0.3) is 0 Å². The van der Waals surface area contributed by atoms with Crippen molar-refractivity contribution < 1.29 is 0 Å². The number of hydrogen-bond acceptors (Lipinski definition) is 4. The summed E-state index contributed by atoms with van der Waals surface area (Å²) in [6, 6.07) is 47.4. The Morgan fingerprint density at radius 3 is 2.07 bits per heavy atom. The van der Waals surface area contributed by atoms with E-state index in [2.05, 4.69) is 120 Å². The smallest absolute Gasteiger partial charge is 0.165 e. The molecular weight excluding hydrogens is 557 g/mol. The highest BCUT2D eigenvalue weighted by Gasteiger charge is 2.17. The average molecular weight is 579 g/mol. The minimum absolute atomic E-state index is 0.666. The Balaban J connectivity index is 1.53. The molecule has 4 heterocycles. The molecule has 44 heavy (non-hydrogen) atoms. The third-order valence-corrected chi connectivity index (χ3v) is 10.0. The van der Waals surface area contributed by atoms with Crippen LogP contribution in [0, 0.1) is 0 Å². The van der Waals surface area contributed by atoms with Gasteiger partial charge in [-0.05, 0) is 41.1 Å². The van der Waals surface area contributed by atoms with Crippen LogP contribution in [0.15, 0.2) is 133 Å². The number of aromatic nitrogens is 4. The van der Waals surface area contributed by atoms with Crippen LogP contribution in [-0.2, 0) is 0 Å². The predicted octanol–water partition coefficient (Wildman–Crippen LogP) is 10.5. The largest absolute Gasteiger partial charge is 0.308 e. The maximum absolute atomic E-state index is 5.14. The van der Waals surface area contributed by atoms with Gasteiger partial charge in [0.1, 0.15) is 0 Å². The second kappa shape index (κ2) is 8.93. The van der Waals surface area contributed by atoms with Crippen molar-refractivity contribution in [1.29, 1.82) is 0 Å². The van der Waals surface area contributed by atoms with Crippen molar-refractivity contribution in [3.8, 4) is 11.4 Å². The average Bonchev–Trinajstić information content (AvgIpc) is 3.64. The van der Waals surface area contributed by atoms with E-state index in [1.54, 1.807) is 0 Å². The van der Waals surface area contributed by atoms with Crippen LogP contribution in [0.2, 0.25) is 0 Å². The summed E-state index contributed by atoms with van der Waals surface area (Å²) in [7, 11) is 0. The van der Waals surface area contributed by atoms with Crippen LogP contribution in [0.5, 0.6) is 0 Å². The normalized spacial score (nSPS) is 12.1. The van der Waals surface area contributed by atoms with Crippen LogP contribution in [-0.4, -0.2) is 19.4 Å². The number of fused-ring (bicyclic) bond motifs is 14. The van der Waals surface area contributed by atoms with Crippen LogP contribution in [0.4, 0.5) is 0 Å². The SMILES string of the molecule is c1ccc(-c2nc3nc(n2)c2cccc4c5ccc6c7ccccc7n(c7cccc(c7)c7cccc3c7)c6c5sc24)cc1. The summed E-state index contributed by atoms with van der Waals surface area (Å²) >= 11 is 1.83. The van der Waals surface area contributed by atoms with Crippen molar-refractivity contribution in [2.24, 2.45) is 0 Å². The van der Waals surface area contributed by atoms with Crippen LogP contribution in [0.25, 0.3) is 91.7 Å². The molecule has 4 nitrogen and oxygen atoms in total. The molecule has 0 aliphatic heterocycles. The van der Waals surface area contributed by atoms with Gasteiger partial charge in [0.05, 0.1) is 15.7 Å². The number of hydrogen-bond donors (Lipinski definition) is 0. The number of thiophene rings is 1. The molecule has 8 bridgehead atoms. The van der Waals surface area contributed by atoms with Crippen molar-refractivity contribution in [2.75, 3.05) is 0 Å². The quantitative estimate of drug-likeness (QED) is 0.195. The number of nitrogens with zero attached hydrogens (tertiary/aromatic N) is 4. The highest BCUT2D eigenvalue weighted by Crippen LogP contribution is 2.43. The van der Waals surface area contributed by atoms with Gasteiger partial charge < -0.3 is 4.40 Å². The Morgan fingerprint density at radius 2 is 1.14 bits per heavy atom. The van der Waals surface area contributed by atoms with Gasteiger partial charge in [-0.15, -0.1) is 11.3 Å². The predicted molar refractivity (Wildman–Crippen MR) is 185 cm³/mol. The van der Waals surface area contributed by atoms with Gasteiger partial charge in [-0.3, -0.25) is 0 Å². The summed E-state index contributed by atoms with van der Waals surface area (Å²) in [4.78, 5) is 15.2. The first-order valence-corrected chi connectivity index (χ1v) is 15.5. The van der Waals surface area contributed by atoms with Gasteiger partial charge in [-0.2, -0.15) is 0 Å². The molecular formula is C39H22N4S. The van der Waals surface area contributed by atoms with Crippen molar-refractivity contribution in [3.63, 3.8) is 0 Å². The molecule has 10 rings (SSSR count). The van der Waals surface area contributed by atoms with E-state index in [-0.39, 0.29) is 0 Å². The zero-order valence-electron chi connectivity index (χ0n) is 23.4. The first kappa shape index (κ1) is 23.9. The van der Waals surface area contributed by atoms with E-state index in [0.717, 1.165) is 32.6 Å². The third kappa shape index (κ3) is 3.36. The van der Waals surface area contributed by atoms with Crippen LogP contribution in [0.3, 0.4) is 0 Å². The lowest BCUT2D eigenvalue weighted by Gasteiger charge is -2.04. The Bertz CT molecular complexity index is 2830. The molecule has 5 heteroatoms. The molecule has 6 aromatic carbocycles. The van der Waals surface area contributed by atoms with Crippen LogP contribution in [0.1, 0.15) is 0 Å². The van der Waals surface area contributed by atoms with Crippen molar-refractivity contribution >= 4 is 91.7 Å². The molecule has 0 N–H and O–H groups in total. The monoisotopic (exact) mass is 578 g/mol. The standard InChI is InChI=1S/C39H22N4S/c1-2-9-23(10-3-1)37-40-38-26-13-6-11-24(21-26)25-12-7-14-27(22-25)43-33-18-5-4-15-28(33)29-19-20-31-30-16-8-17-32(39(41-37)42-38)35(30)44-36(31)34(29)43/h1-22H. The van der Waals surface area contributed by atoms with Gasteiger partial charge in [-0.25, -0.2) is 15.0 Å². The Labute approximate surface area is 255 Å². The molecule has 0 aliphatic rings. The summed E-state index contributed by atoms with van der Waals surface area (Å²) in [6.07, 6.45) is 0. The first-order chi connectivity index (χ1) is 21.8. The van der Waals surface area contributed by atoms with Gasteiger partial charge in [0.15, 0.2) is 17.1 Å². The zero-order chi connectivity index (χ0) is 28.8. The Hall–Kier alpha value is -5.65. The van der Waals surface area contributed by atoms with Gasteiger partial charge in [0.2, 0.25) is 0 Å². The highest BCUT2D eigenvalue weighted by atomic mass is 32.1. The first-order valence-electron chi connectivity index (χ1n) is 14.7. The second-order valence-corrected chi connectivity index (χ2v) is 12.3. The van der Waals surface area contributed by atoms with E-state index in [9.17, 15) is 0 Å². The van der Waals surface area contributed by atoms with E-state index in [1.807, 2.05) is 29.5 Å². The highest BCUT2D eigenvalue weighted by molar-refractivity contribution is 7.27. The van der Waals surface area contributed by atoms with Gasteiger partial charge >= 0.3 is 0 Å². The maximum atomic E-state index is 5.14. The van der Waals surface area contributed by atoms with Crippen molar-refractivity contribution in [3.05, 3.63) is 133 Å². The summed E-state index contributed by atoms with van der Waals surface area (Å²) in [5.41, 5.74) is 5.90. The Morgan fingerprint density at radius 1 is 0.455 bits per heavy atom. The van der Waals surface area contributed by atoms with E-state index in [1.165, 1.54) is 42.0 Å².